The Hall–Kier alpha value is -2.62. The Labute approximate surface area is 142 Å². The zero-order valence-electron chi connectivity index (χ0n) is 14.9. The number of methoxy groups -OCH3 is 2. The molecule has 0 aliphatic rings. The zero-order valence-corrected chi connectivity index (χ0v) is 14.9. The molecule has 0 bridgehead atoms. The largest absolute Gasteiger partial charge is 0.496 e. The summed E-state index contributed by atoms with van der Waals surface area (Å²) in [4.78, 5) is 25.2. The average molecular weight is 326 g/mol. The fourth-order valence-electron chi connectivity index (χ4n) is 3.07. The molecule has 0 saturated heterocycles. The molecule has 0 fully saturated rings. The smallest absolute Gasteiger partial charge is 0.233 e. The number of carbonyl (C=O) groups is 2. The molecule has 126 valence electrons. The molecule has 4 heteroatoms. The number of carbonyl (C=O) groups excluding carboxylic acids is 2. The third kappa shape index (κ3) is 3.18. The van der Waals surface area contributed by atoms with E-state index in [9.17, 15) is 9.59 Å². The molecule has 0 unspecified atom stereocenters. The molecule has 0 amide bonds. The van der Waals surface area contributed by atoms with Crippen LogP contribution in [-0.4, -0.2) is 25.8 Å². The van der Waals surface area contributed by atoms with E-state index in [1.165, 1.54) is 0 Å². The van der Waals surface area contributed by atoms with E-state index in [-0.39, 0.29) is 0 Å². The van der Waals surface area contributed by atoms with Crippen LogP contribution in [0.25, 0.3) is 0 Å². The van der Waals surface area contributed by atoms with Crippen molar-refractivity contribution < 1.29 is 19.1 Å². The summed E-state index contributed by atoms with van der Waals surface area (Å²) in [7, 11) is 3.18. The highest BCUT2D eigenvalue weighted by Crippen LogP contribution is 2.27. The van der Waals surface area contributed by atoms with Crippen molar-refractivity contribution in [1.82, 2.24) is 0 Å². The zero-order chi connectivity index (χ0) is 18.0. The SMILES string of the molecule is COc1c(C)cc(C(=O)C(=O)c2cc(C)c(OC)c(C)c2)cc1C. The predicted molar refractivity (Wildman–Crippen MR) is 93.6 cm³/mol. The van der Waals surface area contributed by atoms with Gasteiger partial charge in [-0.2, -0.15) is 0 Å². The first kappa shape index (κ1) is 17.7. The number of rotatable bonds is 5. The number of aryl methyl sites for hydroxylation is 4. The van der Waals surface area contributed by atoms with Gasteiger partial charge in [0.15, 0.2) is 0 Å². The van der Waals surface area contributed by atoms with Crippen LogP contribution in [0.1, 0.15) is 43.0 Å². The van der Waals surface area contributed by atoms with E-state index in [1.807, 2.05) is 27.7 Å². The monoisotopic (exact) mass is 326 g/mol. The summed E-state index contributed by atoms with van der Waals surface area (Å²) in [5.74, 6) is 0.422. The minimum Gasteiger partial charge on any atom is -0.496 e. The second-order valence-corrected chi connectivity index (χ2v) is 5.94. The molecule has 2 aromatic rings. The maximum absolute atomic E-state index is 12.6. The third-order valence-electron chi connectivity index (χ3n) is 4.06. The maximum atomic E-state index is 12.6. The number of hydrogen-bond donors (Lipinski definition) is 0. The Morgan fingerprint density at radius 1 is 0.625 bits per heavy atom. The van der Waals surface area contributed by atoms with E-state index >= 15 is 0 Å². The van der Waals surface area contributed by atoms with Crippen molar-refractivity contribution in [3.05, 3.63) is 57.6 Å². The van der Waals surface area contributed by atoms with E-state index in [0.717, 1.165) is 33.8 Å². The first-order chi connectivity index (χ1) is 11.3. The Bertz CT molecular complexity index is 703. The van der Waals surface area contributed by atoms with Crippen LogP contribution in [0.3, 0.4) is 0 Å². The van der Waals surface area contributed by atoms with Crippen molar-refractivity contribution in [2.45, 2.75) is 27.7 Å². The van der Waals surface area contributed by atoms with Crippen molar-refractivity contribution in [1.29, 1.82) is 0 Å². The average Bonchev–Trinajstić information content (AvgIpc) is 2.52. The maximum Gasteiger partial charge on any atom is 0.233 e. The number of ether oxygens (including phenoxy) is 2. The van der Waals surface area contributed by atoms with Crippen LogP contribution in [0.4, 0.5) is 0 Å². The molecule has 0 aliphatic carbocycles. The molecule has 0 saturated carbocycles. The van der Waals surface area contributed by atoms with E-state index in [2.05, 4.69) is 0 Å². The van der Waals surface area contributed by atoms with Crippen LogP contribution in [0.5, 0.6) is 11.5 Å². The third-order valence-corrected chi connectivity index (χ3v) is 4.06. The summed E-state index contributed by atoms with van der Waals surface area (Å²) >= 11 is 0. The highest BCUT2D eigenvalue weighted by Gasteiger charge is 2.21. The van der Waals surface area contributed by atoms with Gasteiger partial charge in [-0.3, -0.25) is 9.59 Å². The van der Waals surface area contributed by atoms with Gasteiger partial charge in [0, 0.05) is 11.1 Å². The van der Waals surface area contributed by atoms with Gasteiger partial charge in [0.1, 0.15) is 11.5 Å². The lowest BCUT2D eigenvalue weighted by Crippen LogP contribution is -2.15. The first-order valence-electron chi connectivity index (χ1n) is 7.69. The van der Waals surface area contributed by atoms with Gasteiger partial charge in [0.05, 0.1) is 14.2 Å². The molecule has 0 atom stereocenters. The molecule has 4 nitrogen and oxygen atoms in total. The summed E-state index contributed by atoms with van der Waals surface area (Å²) in [6, 6.07) is 6.76. The topological polar surface area (TPSA) is 52.6 Å². The van der Waals surface area contributed by atoms with Gasteiger partial charge < -0.3 is 9.47 Å². The van der Waals surface area contributed by atoms with Crippen molar-refractivity contribution in [3.63, 3.8) is 0 Å². The van der Waals surface area contributed by atoms with Gasteiger partial charge in [-0.1, -0.05) is 0 Å². The van der Waals surface area contributed by atoms with Crippen LogP contribution < -0.4 is 9.47 Å². The molecular formula is C20H22O4. The summed E-state index contributed by atoms with van der Waals surface area (Å²) < 4.78 is 10.6. The molecule has 0 N–H and O–H groups in total. The van der Waals surface area contributed by atoms with Gasteiger partial charge in [0.25, 0.3) is 0 Å². The molecule has 0 heterocycles. The Balaban J connectivity index is 2.42. The number of Topliss-reactive ketones (excluding diaryl/α,β-unsaturated/α-hetero) is 2. The molecule has 0 spiro atoms. The van der Waals surface area contributed by atoms with Gasteiger partial charge in [-0.15, -0.1) is 0 Å². The fourth-order valence-corrected chi connectivity index (χ4v) is 3.07. The molecule has 2 rings (SSSR count). The van der Waals surface area contributed by atoms with Crippen molar-refractivity contribution in [2.24, 2.45) is 0 Å². The standard InChI is InChI=1S/C20H22O4/c1-11-7-15(8-12(2)19(11)23-5)17(21)18(22)16-9-13(3)20(24-6)14(4)10-16/h7-10H,1-6H3. The molecule has 2 aromatic carbocycles. The van der Waals surface area contributed by atoms with E-state index in [4.69, 9.17) is 9.47 Å². The molecule has 24 heavy (non-hydrogen) atoms. The molecule has 0 aliphatic heterocycles. The van der Waals surface area contributed by atoms with Crippen LogP contribution in [0, 0.1) is 27.7 Å². The molecule has 0 aromatic heterocycles. The quantitative estimate of drug-likeness (QED) is 0.615. The summed E-state index contributed by atoms with van der Waals surface area (Å²) in [6.45, 7) is 7.42. The normalized spacial score (nSPS) is 10.4. The van der Waals surface area contributed by atoms with Gasteiger partial charge in [-0.25, -0.2) is 0 Å². The summed E-state index contributed by atoms with van der Waals surface area (Å²) in [6.07, 6.45) is 0. The Kier molecular flexibility index (Phi) is 5.07. The van der Waals surface area contributed by atoms with Crippen LogP contribution in [0.2, 0.25) is 0 Å². The minimum atomic E-state index is -0.521. The van der Waals surface area contributed by atoms with Gasteiger partial charge in [-0.05, 0) is 74.2 Å². The minimum absolute atomic E-state index is 0.377. The van der Waals surface area contributed by atoms with Crippen molar-refractivity contribution >= 4 is 11.6 Å². The van der Waals surface area contributed by atoms with E-state index < -0.39 is 11.6 Å². The van der Waals surface area contributed by atoms with Crippen molar-refractivity contribution in [2.75, 3.05) is 14.2 Å². The number of ketones is 2. The Morgan fingerprint density at radius 2 is 0.875 bits per heavy atom. The Morgan fingerprint density at radius 3 is 1.08 bits per heavy atom. The fraction of sp³-hybridized carbons (Fsp3) is 0.300. The number of hydrogen-bond acceptors (Lipinski definition) is 4. The second kappa shape index (κ2) is 6.87. The molecule has 0 radical (unpaired) electrons. The lowest BCUT2D eigenvalue weighted by atomic mass is 9.95. The molecular weight excluding hydrogens is 304 g/mol. The van der Waals surface area contributed by atoms with E-state index in [0.29, 0.717) is 11.1 Å². The van der Waals surface area contributed by atoms with Crippen molar-refractivity contribution in [3.8, 4) is 11.5 Å². The van der Waals surface area contributed by atoms with Crippen LogP contribution >= 0.6 is 0 Å². The first-order valence-corrected chi connectivity index (χ1v) is 7.69. The summed E-state index contributed by atoms with van der Waals surface area (Å²) in [5, 5.41) is 0. The lowest BCUT2D eigenvalue weighted by molar-refractivity contribution is 0.0816. The van der Waals surface area contributed by atoms with Crippen LogP contribution in [0.15, 0.2) is 24.3 Å². The highest BCUT2D eigenvalue weighted by atomic mass is 16.5. The van der Waals surface area contributed by atoms with Gasteiger partial charge >= 0.3 is 0 Å². The van der Waals surface area contributed by atoms with E-state index in [1.54, 1.807) is 38.5 Å². The summed E-state index contributed by atoms with van der Waals surface area (Å²) in [5.41, 5.74) is 4.07. The second-order valence-electron chi connectivity index (χ2n) is 5.94. The van der Waals surface area contributed by atoms with Crippen LogP contribution in [-0.2, 0) is 0 Å². The predicted octanol–water partition coefficient (Wildman–Crippen LogP) is 4.00. The lowest BCUT2D eigenvalue weighted by Gasteiger charge is -2.12. The van der Waals surface area contributed by atoms with Gasteiger partial charge in [0.2, 0.25) is 11.6 Å². The number of benzene rings is 2. The highest BCUT2D eigenvalue weighted by molar-refractivity contribution is 6.49.